The van der Waals surface area contributed by atoms with Crippen molar-refractivity contribution in [2.45, 2.75) is 13.8 Å². The molecule has 0 amide bonds. The molecule has 3 aromatic rings. The number of ether oxygens (including phenoxy) is 1. The Morgan fingerprint density at radius 3 is 2.44 bits per heavy atom. The average molecular weight is 379 g/mol. The molecule has 0 unspecified atom stereocenters. The smallest absolute Gasteiger partial charge is 0.343 e. The Bertz CT molecular complexity index is 1140. The first kappa shape index (κ1) is 18.6. The van der Waals surface area contributed by atoms with Crippen LogP contribution in [0.25, 0.3) is 16.6 Å². The normalized spacial score (nSPS) is 11.0. The summed E-state index contributed by atoms with van der Waals surface area (Å²) in [6.45, 7) is 2.66. The van der Waals surface area contributed by atoms with Crippen molar-refractivity contribution in [3.63, 3.8) is 0 Å². The molecule has 0 saturated heterocycles. The highest BCUT2D eigenvalue weighted by Gasteiger charge is 2.22. The molecule has 0 bridgehead atoms. The second-order valence-electron chi connectivity index (χ2n) is 5.75. The first-order valence-electron chi connectivity index (χ1n) is 7.92. The number of carbonyl (C=O) groups is 1. The molecule has 0 aliphatic carbocycles. The molecule has 8 heteroatoms. The lowest BCUT2D eigenvalue weighted by Crippen LogP contribution is -2.22. The molecule has 0 fully saturated rings. The molecule has 0 aliphatic heterocycles. The average Bonchev–Trinajstić information content (AvgIpc) is 2.60. The van der Waals surface area contributed by atoms with Crippen molar-refractivity contribution < 1.29 is 27.1 Å². The third-order valence-electron chi connectivity index (χ3n) is 4.09. The molecular formula is C19H13F4NO3. The highest BCUT2D eigenvalue weighted by Crippen LogP contribution is 2.26. The van der Waals surface area contributed by atoms with Crippen molar-refractivity contribution in [1.82, 2.24) is 4.57 Å². The van der Waals surface area contributed by atoms with Gasteiger partial charge in [-0.3, -0.25) is 4.79 Å². The number of fused-ring (bicyclic) bond motifs is 1. The predicted octanol–water partition coefficient (Wildman–Crippen LogP) is 4.03. The van der Waals surface area contributed by atoms with Crippen LogP contribution >= 0.6 is 0 Å². The van der Waals surface area contributed by atoms with Crippen LogP contribution in [-0.4, -0.2) is 17.1 Å². The van der Waals surface area contributed by atoms with E-state index in [1.165, 1.54) is 13.8 Å². The number of hydrogen-bond donors (Lipinski definition) is 0. The van der Waals surface area contributed by atoms with Gasteiger partial charge in [0.05, 0.1) is 23.2 Å². The Labute approximate surface area is 150 Å². The van der Waals surface area contributed by atoms with E-state index in [0.29, 0.717) is 6.07 Å². The zero-order valence-corrected chi connectivity index (χ0v) is 14.3. The Kier molecular flexibility index (Phi) is 4.73. The Morgan fingerprint density at radius 1 is 1.11 bits per heavy atom. The van der Waals surface area contributed by atoms with Crippen LogP contribution in [0.5, 0.6) is 0 Å². The topological polar surface area (TPSA) is 48.3 Å². The van der Waals surface area contributed by atoms with Crippen LogP contribution in [0.1, 0.15) is 22.8 Å². The molecule has 1 aromatic heterocycles. The summed E-state index contributed by atoms with van der Waals surface area (Å²) < 4.78 is 61.3. The van der Waals surface area contributed by atoms with Gasteiger partial charge in [0.15, 0.2) is 11.6 Å². The molecule has 1 heterocycles. The minimum Gasteiger partial charge on any atom is -0.462 e. The minimum absolute atomic E-state index is 0.0298. The number of benzene rings is 2. The first-order valence-corrected chi connectivity index (χ1v) is 7.92. The van der Waals surface area contributed by atoms with Gasteiger partial charge >= 0.3 is 5.97 Å². The van der Waals surface area contributed by atoms with E-state index in [0.717, 1.165) is 29.0 Å². The summed E-state index contributed by atoms with van der Waals surface area (Å²) in [4.78, 5) is 24.8. The van der Waals surface area contributed by atoms with E-state index in [-0.39, 0.29) is 28.8 Å². The number of esters is 1. The maximum absolute atomic E-state index is 14.3. The zero-order valence-electron chi connectivity index (χ0n) is 14.3. The fourth-order valence-electron chi connectivity index (χ4n) is 2.84. The Balaban J connectivity index is 2.50. The monoisotopic (exact) mass is 379 g/mol. The van der Waals surface area contributed by atoms with Crippen molar-refractivity contribution in [1.29, 1.82) is 0 Å². The van der Waals surface area contributed by atoms with Gasteiger partial charge < -0.3 is 9.30 Å². The quantitative estimate of drug-likeness (QED) is 0.510. The molecule has 0 N–H and O–H groups in total. The van der Waals surface area contributed by atoms with E-state index >= 15 is 0 Å². The molecule has 140 valence electrons. The first-order chi connectivity index (χ1) is 12.8. The molecule has 27 heavy (non-hydrogen) atoms. The number of rotatable bonds is 3. The third kappa shape index (κ3) is 3.07. The summed E-state index contributed by atoms with van der Waals surface area (Å²) in [5, 5.41) is -0.303. The summed E-state index contributed by atoms with van der Waals surface area (Å²) in [6.07, 6.45) is 0.968. The summed E-state index contributed by atoms with van der Waals surface area (Å²) >= 11 is 0. The van der Waals surface area contributed by atoms with Gasteiger partial charge in [-0.1, -0.05) is 0 Å². The third-order valence-corrected chi connectivity index (χ3v) is 4.09. The second kappa shape index (κ2) is 6.86. The maximum Gasteiger partial charge on any atom is 0.343 e. The van der Waals surface area contributed by atoms with Gasteiger partial charge in [-0.05, 0) is 26.0 Å². The lowest BCUT2D eigenvalue weighted by atomic mass is 10.0. The van der Waals surface area contributed by atoms with Crippen LogP contribution in [0.2, 0.25) is 0 Å². The zero-order chi connectivity index (χ0) is 19.9. The number of halogens is 4. The highest BCUT2D eigenvalue weighted by atomic mass is 19.2. The standard InChI is InChI=1S/C19H13F4NO3/c1-3-27-19(26)11-8-24(14-5-4-10(20)6-12(14)21)15-7-13(22)17(23)9(2)16(15)18(11)25/h4-8H,3H2,1-2H3. The molecule has 0 aliphatic rings. The van der Waals surface area contributed by atoms with Crippen LogP contribution in [0, 0.1) is 30.2 Å². The van der Waals surface area contributed by atoms with Gasteiger partial charge in [0.2, 0.25) is 5.43 Å². The summed E-state index contributed by atoms with van der Waals surface area (Å²) in [7, 11) is 0. The van der Waals surface area contributed by atoms with Crippen molar-refractivity contribution in [2.75, 3.05) is 6.61 Å². The van der Waals surface area contributed by atoms with Crippen LogP contribution in [0.4, 0.5) is 17.6 Å². The lowest BCUT2D eigenvalue weighted by molar-refractivity contribution is 0.0524. The molecule has 0 spiro atoms. The summed E-state index contributed by atoms with van der Waals surface area (Å²) in [5.41, 5.74) is -2.12. The van der Waals surface area contributed by atoms with Crippen molar-refractivity contribution in [3.05, 3.63) is 75.1 Å². The highest BCUT2D eigenvalue weighted by molar-refractivity contribution is 5.95. The molecular weight excluding hydrogens is 366 g/mol. The molecule has 2 aromatic carbocycles. The molecule has 0 atom stereocenters. The van der Waals surface area contributed by atoms with Crippen LogP contribution in [-0.2, 0) is 4.74 Å². The number of carbonyl (C=O) groups excluding carboxylic acids is 1. The van der Waals surface area contributed by atoms with Gasteiger partial charge in [-0.2, -0.15) is 0 Å². The maximum atomic E-state index is 14.3. The lowest BCUT2D eigenvalue weighted by Gasteiger charge is -2.16. The molecule has 0 radical (unpaired) electrons. The number of pyridine rings is 1. The van der Waals surface area contributed by atoms with Crippen molar-refractivity contribution in [2.24, 2.45) is 0 Å². The summed E-state index contributed by atoms with van der Waals surface area (Å²) in [5.74, 6) is -5.37. The fraction of sp³-hybridized carbons (Fsp3) is 0.158. The van der Waals surface area contributed by atoms with E-state index in [1.54, 1.807) is 0 Å². The van der Waals surface area contributed by atoms with Crippen LogP contribution < -0.4 is 5.43 Å². The van der Waals surface area contributed by atoms with Gasteiger partial charge in [0, 0.05) is 23.9 Å². The summed E-state index contributed by atoms with van der Waals surface area (Å²) in [6, 6.07) is 3.33. The fourth-order valence-corrected chi connectivity index (χ4v) is 2.84. The van der Waals surface area contributed by atoms with E-state index in [1.807, 2.05) is 0 Å². The largest absolute Gasteiger partial charge is 0.462 e. The van der Waals surface area contributed by atoms with Crippen molar-refractivity contribution >= 4 is 16.9 Å². The van der Waals surface area contributed by atoms with Gasteiger partial charge in [0.1, 0.15) is 17.2 Å². The Morgan fingerprint density at radius 2 is 1.81 bits per heavy atom. The number of hydrogen-bond acceptors (Lipinski definition) is 3. The minimum atomic E-state index is -1.26. The second-order valence-corrected chi connectivity index (χ2v) is 5.75. The van der Waals surface area contributed by atoms with Gasteiger partial charge in [-0.25, -0.2) is 22.4 Å². The van der Waals surface area contributed by atoms with Crippen molar-refractivity contribution in [3.8, 4) is 5.69 Å². The SMILES string of the molecule is CCOC(=O)c1cn(-c2ccc(F)cc2F)c2cc(F)c(F)c(C)c2c1=O. The Hall–Kier alpha value is -3.16. The van der Waals surface area contributed by atoms with Gasteiger partial charge in [-0.15, -0.1) is 0 Å². The van der Waals surface area contributed by atoms with E-state index < -0.39 is 40.2 Å². The predicted molar refractivity (Wildman–Crippen MR) is 90.1 cm³/mol. The van der Waals surface area contributed by atoms with Gasteiger partial charge in [0.25, 0.3) is 0 Å². The van der Waals surface area contributed by atoms with Crippen LogP contribution in [0.15, 0.2) is 35.3 Å². The van der Waals surface area contributed by atoms with E-state index in [2.05, 4.69) is 0 Å². The number of aromatic nitrogens is 1. The van der Waals surface area contributed by atoms with Crippen LogP contribution in [0.3, 0.4) is 0 Å². The van der Waals surface area contributed by atoms with E-state index in [9.17, 15) is 27.2 Å². The molecule has 4 nitrogen and oxygen atoms in total. The number of nitrogens with zero attached hydrogens (tertiary/aromatic N) is 1. The molecule has 3 rings (SSSR count). The number of aryl methyl sites for hydroxylation is 1. The molecule has 0 saturated carbocycles. The van der Waals surface area contributed by atoms with E-state index in [4.69, 9.17) is 4.74 Å².